The molecule has 0 unspecified atom stereocenters. The maximum absolute atomic E-state index is 12.2. The van der Waals surface area contributed by atoms with E-state index < -0.39 is 0 Å². The number of hydrogen-bond acceptors (Lipinski definition) is 7. The number of nitrogens with zero attached hydrogens (tertiary/aromatic N) is 7. The molecule has 0 aliphatic carbocycles. The Morgan fingerprint density at radius 2 is 0.804 bits per heavy atom. The second kappa shape index (κ2) is 20.4. The lowest BCUT2D eigenvalue weighted by Gasteiger charge is -2.22. The molecule has 0 aliphatic heterocycles. The highest BCUT2D eigenvalue weighted by molar-refractivity contribution is 5.74. The molecule has 46 heavy (non-hydrogen) atoms. The number of carbonyl (C=O) groups excluding carboxylic acids is 3. The highest BCUT2D eigenvalue weighted by atomic mass is 16.2. The Labute approximate surface area is 271 Å². The number of hydrogen-bond donors (Lipinski definition) is 6. The molecule has 0 aliphatic rings. The molecule has 3 heterocycles. The van der Waals surface area contributed by atoms with Gasteiger partial charge in [0, 0.05) is 98.3 Å². The topological polar surface area (TPSA) is 180 Å². The highest BCUT2D eigenvalue weighted by Gasteiger charge is 2.08. The first kappa shape index (κ1) is 35.9. The van der Waals surface area contributed by atoms with Gasteiger partial charge in [0.2, 0.25) is 0 Å². The number of amides is 6. The minimum atomic E-state index is -0.195. The lowest BCUT2D eigenvalue weighted by Crippen LogP contribution is -2.40. The molecule has 0 radical (unpaired) electrons. The third kappa shape index (κ3) is 15.4. The van der Waals surface area contributed by atoms with Crippen molar-refractivity contribution in [2.45, 2.75) is 38.5 Å². The lowest BCUT2D eigenvalue weighted by molar-refractivity contribution is 0.233. The SMILES string of the molecule is Cn1cnc(CCNC(=O)NCCCN(CCCNC(=O)NCCc2cn(C)cn2)CCCNC(=O)NCCc2cn(C)cn2)c1. The molecular weight excluding hydrogens is 590 g/mol. The standard InChI is InChI=1S/C30H51N13O3/c1-40-19-25(37-22-40)7-13-34-28(44)31-10-4-16-43(17-5-11-32-29(45)35-14-8-26-20-41(2)23-38-26)18-6-12-33-30(46)36-15-9-27-21-42(3)24-39-27/h19-24H,4-18H2,1-3H3,(H2,31,34,44)(H2,32,35,45)(H2,33,36,46). The zero-order valence-electron chi connectivity index (χ0n) is 27.4. The first-order chi connectivity index (χ1) is 22.3. The molecule has 3 aromatic rings. The van der Waals surface area contributed by atoms with E-state index in [0.717, 1.165) is 56.0 Å². The van der Waals surface area contributed by atoms with Crippen molar-refractivity contribution in [1.29, 1.82) is 0 Å². The summed E-state index contributed by atoms with van der Waals surface area (Å²) in [5.74, 6) is 0. The Kier molecular flexibility index (Phi) is 15.9. The molecule has 3 aromatic heterocycles. The quantitative estimate of drug-likeness (QED) is 0.0905. The molecule has 0 saturated heterocycles. The number of rotatable bonds is 21. The van der Waals surface area contributed by atoms with Crippen LogP contribution in [0.25, 0.3) is 0 Å². The maximum Gasteiger partial charge on any atom is 0.314 e. The summed E-state index contributed by atoms with van der Waals surface area (Å²) in [5, 5.41) is 17.4. The van der Waals surface area contributed by atoms with Gasteiger partial charge in [0.15, 0.2) is 0 Å². The third-order valence-electron chi connectivity index (χ3n) is 7.09. The van der Waals surface area contributed by atoms with Crippen LogP contribution >= 0.6 is 0 Å². The van der Waals surface area contributed by atoms with Gasteiger partial charge in [-0.2, -0.15) is 0 Å². The van der Waals surface area contributed by atoms with E-state index in [1.54, 1.807) is 19.0 Å². The lowest BCUT2D eigenvalue weighted by atomic mass is 10.3. The minimum Gasteiger partial charge on any atom is -0.340 e. The Balaban J connectivity index is 1.29. The monoisotopic (exact) mass is 641 g/mol. The van der Waals surface area contributed by atoms with Gasteiger partial charge in [-0.25, -0.2) is 29.3 Å². The molecule has 0 bridgehead atoms. The van der Waals surface area contributed by atoms with Crippen LogP contribution in [-0.2, 0) is 40.4 Å². The number of nitrogens with one attached hydrogen (secondary N) is 6. The van der Waals surface area contributed by atoms with E-state index in [-0.39, 0.29) is 18.1 Å². The summed E-state index contributed by atoms with van der Waals surface area (Å²) in [6.45, 7) is 5.51. The molecule has 6 N–H and O–H groups in total. The van der Waals surface area contributed by atoms with Crippen molar-refractivity contribution in [3.05, 3.63) is 54.7 Å². The zero-order valence-corrected chi connectivity index (χ0v) is 27.4. The van der Waals surface area contributed by atoms with Gasteiger partial charge in [-0.05, 0) is 38.9 Å². The number of aromatic nitrogens is 6. The Bertz CT molecular complexity index is 1160. The van der Waals surface area contributed by atoms with E-state index in [9.17, 15) is 14.4 Å². The molecule has 0 spiro atoms. The summed E-state index contributed by atoms with van der Waals surface area (Å²) in [4.78, 5) is 51.6. The average molecular weight is 642 g/mol. The molecule has 6 amide bonds. The zero-order chi connectivity index (χ0) is 33.0. The van der Waals surface area contributed by atoms with E-state index >= 15 is 0 Å². The van der Waals surface area contributed by atoms with Crippen molar-refractivity contribution in [3.63, 3.8) is 0 Å². The summed E-state index contributed by atoms with van der Waals surface area (Å²) >= 11 is 0. The number of carbonyl (C=O) groups is 3. The fraction of sp³-hybridized carbons (Fsp3) is 0.600. The van der Waals surface area contributed by atoms with Crippen LogP contribution in [0.2, 0.25) is 0 Å². The van der Waals surface area contributed by atoms with Gasteiger partial charge < -0.3 is 50.5 Å². The van der Waals surface area contributed by atoms with Gasteiger partial charge >= 0.3 is 18.1 Å². The van der Waals surface area contributed by atoms with Crippen molar-refractivity contribution in [1.82, 2.24) is 65.5 Å². The highest BCUT2D eigenvalue weighted by Crippen LogP contribution is 1.98. The molecule has 16 nitrogen and oxygen atoms in total. The van der Waals surface area contributed by atoms with Gasteiger partial charge in [-0.15, -0.1) is 0 Å². The van der Waals surface area contributed by atoms with Crippen molar-refractivity contribution in [2.75, 3.05) is 58.9 Å². The van der Waals surface area contributed by atoms with Gasteiger partial charge in [0.25, 0.3) is 0 Å². The molecule has 0 saturated carbocycles. The Hall–Kier alpha value is -4.60. The largest absolute Gasteiger partial charge is 0.340 e. The summed E-state index contributed by atoms with van der Waals surface area (Å²) in [7, 11) is 5.75. The average Bonchev–Trinajstić information content (AvgIpc) is 3.76. The van der Waals surface area contributed by atoms with Crippen LogP contribution in [0.5, 0.6) is 0 Å². The summed E-state index contributed by atoms with van der Waals surface area (Å²) in [5.41, 5.74) is 2.81. The van der Waals surface area contributed by atoms with Gasteiger partial charge in [-0.3, -0.25) is 0 Å². The van der Waals surface area contributed by atoms with E-state index in [4.69, 9.17) is 0 Å². The summed E-state index contributed by atoms with van der Waals surface area (Å²) < 4.78 is 5.65. The van der Waals surface area contributed by atoms with Crippen molar-refractivity contribution < 1.29 is 14.4 Å². The Morgan fingerprint density at radius 1 is 0.522 bits per heavy atom. The molecule has 0 atom stereocenters. The first-order valence-electron chi connectivity index (χ1n) is 15.9. The second-order valence-electron chi connectivity index (χ2n) is 11.3. The molecule has 0 aromatic carbocycles. The van der Waals surface area contributed by atoms with Crippen LogP contribution < -0.4 is 31.9 Å². The molecule has 254 valence electrons. The van der Waals surface area contributed by atoms with E-state index in [0.29, 0.717) is 58.5 Å². The van der Waals surface area contributed by atoms with Crippen LogP contribution in [0.4, 0.5) is 14.4 Å². The van der Waals surface area contributed by atoms with E-state index in [1.807, 2.05) is 53.4 Å². The fourth-order valence-electron chi connectivity index (χ4n) is 4.74. The molecular formula is C30H51N13O3. The van der Waals surface area contributed by atoms with Crippen LogP contribution in [0.1, 0.15) is 36.3 Å². The van der Waals surface area contributed by atoms with Crippen LogP contribution in [0.15, 0.2) is 37.6 Å². The Morgan fingerprint density at radius 3 is 1.07 bits per heavy atom. The van der Waals surface area contributed by atoms with Crippen molar-refractivity contribution in [2.24, 2.45) is 21.1 Å². The smallest absolute Gasteiger partial charge is 0.314 e. The van der Waals surface area contributed by atoms with E-state index in [1.165, 1.54) is 0 Å². The normalized spacial score (nSPS) is 11.0. The molecule has 16 heteroatoms. The number of urea groups is 3. The summed E-state index contributed by atoms with van der Waals surface area (Å²) in [6, 6.07) is -0.586. The van der Waals surface area contributed by atoms with Crippen LogP contribution in [-0.4, -0.2) is 111 Å². The predicted octanol–water partition coefficient (Wildman–Crippen LogP) is 0.285. The first-order valence-corrected chi connectivity index (χ1v) is 15.9. The fourth-order valence-corrected chi connectivity index (χ4v) is 4.74. The molecule has 0 fully saturated rings. The predicted molar refractivity (Wildman–Crippen MR) is 175 cm³/mol. The van der Waals surface area contributed by atoms with Crippen LogP contribution in [0.3, 0.4) is 0 Å². The number of aryl methyl sites for hydroxylation is 3. The second-order valence-corrected chi connectivity index (χ2v) is 11.3. The summed E-state index contributed by atoms with van der Waals surface area (Å²) in [6.07, 6.45) is 15.4. The van der Waals surface area contributed by atoms with Gasteiger partial charge in [0.05, 0.1) is 36.1 Å². The third-order valence-corrected chi connectivity index (χ3v) is 7.09. The van der Waals surface area contributed by atoms with E-state index in [2.05, 4.69) is 51.8 Å². The van der Waals surface area contributed by atoms with Crippen LogP contribution in [0, 0.1) is 0 Å². The van der Waals surface area contributed by atoms with Gasteiger partial charge in [0.1, 0.15) is 0 Å². The minimum absolute atomic E-state index is 0.195. The number of imidazole rings is 3. The van der Waals surface area contributed by atoms with Gasteiger partial charge in [-0.1, -0.05) is 0 Å². The maximum atomic E-state index is 12.2. The van der Waals surface area contributed by atoms with Crippen molar-refractivity contribution >= 4 is 18.1 Å². The molecule has 3 rings (SSSR count). The van der Waals surface area contributed by atoms with Crippen molar-refractivity contribution in [3.8, 4) is 0 Å².